The van der Waals surface area contributed by atoms with Crippen molar-refractivity contribution in [1.29, 1.82) is 0 Å². The highest BCUT2D eigenvalue weighted by Crippen LogP contribution is 2.49. The van der Waals surface area contributed by atoms with Crippen LogP contribution < -0.4 is 5.32 Å². The van der Waals surface area contributed by atoms with Crippen LogP contribution in [0.25, 0.3) is 60.9 Å². The molecule has 6 aromatic carbocycles. The molecule has 220 valence electrons. The maximum atomic E-state index is 4.55. The molecule has 1 unspecified atom stereocenters. The molecular formula is C43H33N3. The van der Waals surface area contributed by atoms with Crippen molar-refractivity contribution in [3.05, 3.63) is 162 Å². The summed E-state index contributed by atoms with van der Waals surface area (Å²) in [5.74, 6) is 0. The lowest BCUT2D eigenvalue weighted by molar-refractivity contribution is 0.653. The maximum Gasteiger partial charge on any atom is 0.144 e. The highest BCUT2D eigenvalue weighted by Gasteiger charge is 2.35. The molecule has 1 atom stereocenters. The quantitative estimate of drug-likeness (QED) is 0.217. The molecule has 0 spiro atoms. The molecule has 7 aromatic rings. The lowest BCUT2D eigenvalue weighted by Gasteiger charge is -2.22. The van der Waals surface area contributed by atoms with Crippen molar-refractivity contribution in [2.75, 3.05) is 0 Å². The number of nitrogens with one attached hydrogen (secondary N) is 1. The first-order valence-corrected chi connectivity index (χ1v) is 16.0. The third-order valence-corrected chi connectivity index (χ3v) is 9.95. The number of fused-ring (bicyclic) bond motifs is 6. The zero-order chi connectivity index (χ0) is 30.8. The molecule has 0 radical (unpaired) electrons. The van der Waals surface area contributed by atoms with Crippen LogP contribution in [0, 0.1) is 0 Å². The summed E-state index contributed by atoms with van der Waals surface area (Å²) in [5, 5.41) is 5.82. The third-order valence-electron chi connectivity index (χ3n) is 9.95. The fourth-order valence-corrected chi connectivity index (χ4v) is 7.53. The fourth-order valence-electron chi connectivity index (χ4n) is 7.53. The van der Waals surface area contributed by atoms with Crippen LogP contribution in [0.2, 0.25) is 0 Å². The molecule has 0 saturated carbocycles. The molecule has 3 heteroatoms. The minimum absolute atomic E-state index is 0.00273. The summed E-state index contributed by atoms with van der Waals surface area (Å²) in [6, 6.07) is 49.2. The monoisotopic (exact) mass is 591 g/mol. The molecule has 0 fully saturated rings. The molecule has 3 nitrogen and oxygen atoms in total. The standard InChI is InChI=1S/C43H33N3/c1-43(2)38-10-5-3-8-34(38)35-22-18-32(27-39(35)43)29-14-12-28(13-15-29)31-19-23-41-37(26-31)36-9-4-6-11-40(36)46(41)33-20-16-30(17-21-33)42-44-24-7-25-45-42/h3-27,42,44H,1-2H3. The number of aliphatic imine (C=N–C) groups is 1. The molecular weight excluding hydrogens is 558 g/mol. The third kappa shape index (κ3) is 4.09. The first kappa shape index (κ1) is 26.7. The number of benzene rings is 6. The van der Waals surface area contributed by atoms with Gasteiger partial charge in [-0.25, -0.2) is 0 Å². The van der Waals surface area contributed by atoms with Crippen LogP contribution in [0.5, 0.6) is 0 Å². The average Bonchev–Trinajstić information content (AvgIpc) is 3.57. The predicted octanol–water partition coefficient (Wildman–Crippen LogP) is 10.6. The Bertz CT molecular complexity index is 2350. The first-order chi connectivity index (χ1) is 22.6. The van der Waals surface area contributed by atoms with Gasteiger partial charge in [-0.05, 0) is 98.7 Å². The molecule has 1 N–H and O–H groups in total. The van der Waals surface area contributed by atoms with Crippen LogP contribution >= 0.6 is 0 Å². The van der Waals surface area contributed by atoms with Crippen molar-refractivity contribution >= 4 is 28.0 Å². The van der Waals surface area contributed by atoms with Crippen LogP contribution in [-0.4, -0.2) is 10.8 Å². The van der Waals surface area contributed by atoms with E-state index in [9.17, 15) is 0 Å². The lowest BCUT2D eigenvalue weighted by Crippen LogP contribution is -2.15. The molecule has 2 aliphatic rings. The SMILES string of the molecule is CC1(C)c2ccccc2-c2ccc(-c3ccc(-c4ccc5c(c4)c4ccccc4n5-c4ccc(C5N=CC=CN5)cc4)cc3)cc21. The lowest BCUT2D eigenvalue weighted by atomic mass is 9.81. The van der Waals surface area contributed by atoms with Gasteiger partial charge >= 0.3 is 0 Å². The van der Waals surface area contributed by atoms with Gasteiger partial charge in [-0.3, -0.25) is 4.99 Å². The normalized spacial score (nSPS) is 16.0. The summed E-state index contributed by atoms with van der Waals surface area (Å²) in [6.07, 6.45) is 5.66. The van der Waals surface area contributed by atoms with E-state index in [1.807, 2.05) is 18.5 Å². The van der Waals surface area contributed by atoms with Crippen LogP contribution in [0.1, 0.15) is 36.7 Å². The van der Waals surface area contributed by atoms with Crippen molar-refractivity contribution in [2.24, 2.45) is 4.99 Å². The van der Waals surface area contributed by atoms with E-state index in [2.05, 4.69) is 162 Å². The van der Waals surface area contributed by atoms with Gasteiger partial charge in [0.1, 0.15) is 6.17 Å². The number of para-hydroxylation sites is 1. The highest BCUT2D eigenvalue weighted by atomic mass is 15.1. The van der Waals surface area contributed by atoms with Gasteiger partial charge in [0, 0.05) is 28.1 Å². The Balaban J connectivity index is 1.06. The molecule has 1 aromatic heterocycles. The van der Waals surface area contributed by atoms with E-state index in [0.717, 1.165) is 11.3 Å². The maximum absolute atomic E-state index is 4.55. The summed E-state index contributed by atoms with van der Waals surface area (Å²) in [7, 11) is 0. The second kappa shape index (κ2) is 10.2. The summed E-state index contributed by atoms with van der Waals surface area (Å²) in [4.78, 5) is 4.55. The molecule has 2 heterocycles. The van der Waals surface area contributed by atoms with Gasteiger partial charge in [-0.15, -0.1) is 0 Å². The number of allylic oxidation sites excluding steroid dienone is 1. The van der Waals surface area contributed by atoms with Gasteiger partial charge in [-0.2, -0.15) is 0 Å². The Morgan fingerprint density at radius 2 is 1.24 bits per heavy atom. The predicted molar refractivity (Wildman–Crippen MR) is 193 cm³/mol. The Hall–Kier alpha value is -5.67. The fraction of sp³-hybridized carbons (Fsp3) is 0.0930. The van der Waals surface area contributed by atoms with E-state index in [1.54, 1.807) is 0 Å². The van der Waals surface area contributed by atoms with Crippen LogP contribution in [0.3, 0.4) is 0 Å². The van der Waals surface area contributed by atoms with Crippen molar-refractivity contribution < 1.29 is 0 Å². The minimum Gasteiger partial charge on any atom is -0.366 e. The average molecular weight is 592 g/mol. The largest absolute Gasteiger partial charge is 0.366 e. The summed E-state index contributed by atoms with van der Waals surface area (Å²) >= 11 is 0. The van der Waals surface area contributed by atoms with E-state index >= 15 is 0 Å². The van der Waals surface area contributed by atoms with Crippen molar-refractivity contribution in [1.82, 2.24) is 9.88 Å². The zero-order valence-electron chi connectivity index (χ0n) is 25.9. The zero-order valence-corrected chi connectivity index (χ0v) is 25.9. The van der Waals surface area contributed by atoms with Gasteiger partial charge in [0.2, 0.25) is 0 Å². The van der Waals surface area contributed by atoms with Gasteiger partial charge in [0.15, 0.2) is 0 Å². The molecule has 1 aliphatic heterocycles. The highest BCUT2D eigenvalue weighted by molar-refractivity contribution is 6.10. The Kier molecular flexibility index (Phi) is 5.91. The first-order valence-electron chi connectivity index (χ1n) is 16.0. The van der Waals surface area contributed by atoms with Gasteiger partial charge in [-0.1, -0.05) is 111 Å². The van der Waals surface area contributed by atoms with E-state index < -0.39 is 0 Å². The molecule has 0 saturated heterocycles. The van der Waals surface area contributed by atoms with E-state index in [-0.39, 0.29) is 11.6 Å². The number of hydrogen-bond donors (Lipinski definition) is 1. The van der Waals surface area contributed by atoms with Gasteiger partial charge in [0.25, 0.3) is 0 Å². The Morgan fingerprint density at radius 3 is 2.02 bits per heavy atom. The van der Waals surface area contributed by atoms with Crippen molar-refractivity contribution in [3.63, 3.8) is 0 Å². The van der Waals surface area contributed by atoms with Crippen LogP contribution in [0.4, 0.5) is 0 Å². The van der Waals surface area contributed by atoms with Crippen molar-refractivity contribution in [3.8, 4) is 39.1 Å². The number of aromatic nitrogens is 1. The number of rotatable bonds is 4. The molecule has 9 rings (SSSR count). The summed E-state index contributed by atoms with van der Waals surface area (Å²) < 4.78 is 2.37. The Morgan fingerprint density at radius 1 is 0.587 bits per heavy atom. The van der Waals surface area contributed by atoms with Gasteiger partial charge < -0.3 is 9.88 Å². The topological polar surface area (TPSA) is 29.3 Å². The van der Waals surface area contributed by atoms with E-state index in [0.29, 0.717) is 0 Å². The minimum atomic E-state index is -0.0437. The van der Waals surface area contributed by atoms with E-state index in [1.165, 1.54) is 66.3 Å². The van der Waals surface area contributed by atoms with E-state index in [4.69, 9.17) is 0 Å². The smallest absolute Gasteiger partial charge is 0.144 e. The summed E-state index contributed by atoms with van der Waals surface area (Å²) in [5.41, 5.74) is 15.2. The molecule has 0 bridgehead atoms. The summed E-state index contributed by atoms with van der Waals surface area (Å²) in [6.45, 7) is 4.68. The number of hydrogen-bond acceptors (Lipinski definition) is 2. The second-order valence-electron chi connectivity index (χ2n) is 12.9. The van der Waals surface area contributed by atoms with Crippen molar-refractivity contribution in [2.45, 2.75) is 25.4 Å². The molecule has 0 amide bonds. The second-order valence-corrected chi connectivity index (χ2v) is 12.9. The molecule has 46 heavy (non-hydrogen) atoms. The Labute approximate surface area is 269 Å². The van der Waals surface area contributed by atoms with Crippen LogP contribution in [0.15, 0.2) is 151 Å². The van der Waals surface area contributed by atoms with Crippen LogP contribution in [-0.2, 0) is 5.41 Å². The number of nitrogens with zero attached hydrogens (tertiary/aromatic N) is 2. The molecule has 1 aliphatic carbocycles. The van der Waals surface area contributed by atoms with Gasteiger partial charge in [0.05, 0.1) is 11.0 Å².